The average molecular weight is 210 g/mol. The third-order valence-corrected chi connectivity index (χ3v) is 3.24. The molecule has 0 radical (unpaired) electrons. The molecule has 2 unspecified atom stereocenters. The molecule has 88 valence electrons. The van der Waals surface area contributed by atoms with E-state index in [2.05, 4.69) is 30.6 Å². The van der Waals surface area contributed by atoms with Crippen molar-refractivity contribution in [1.29, 1.82) is 0 Å². The smallest absolute Gasteiger partial charge is 0.0224 e. The molecular weight excluding hydrogens is 184 g/mol. The van der Waals surface area contributed by atoms with Gasteiger partial charge in [-0.25, -0.2) is 0 Å². The average Bonchev–Trinajstić information content (AvgIpc) is 2.23. The van der Waals surface area contributed by atoms with Gasteiger partial charge in [0.1, 0.15) is 0 Å². The molecule has 0 aromatic rings. The van der Waals surface area contributed by atoms with Crippen LogP contribution < -0.4 is 5.32 Å². The minimum Gasteiger partial charge on any atom is -0.311 e. The lowest BCUT2D eigenvalue weighted by Crippen LogP contribution is -2.56. The molecule has 2 heteroatoms. The Morgan fingerprint density at radius 2 is 2.07 bits per heavy atom. The maximum atomic E-state index is 3.86. The Hall–Kier alpha value is -0.340. The minimum absolute atomic E-state index is 0.697. The molecular formula is C13H26N2. The van der Waals surface area contributed by atoms with Crippen molar-refractivity contribution in [2.45, 2.75) is 51.6 Å². The molecule has 2 atom stereocenters. The van der Waals surface area contributed by atoms with Gasteiger partial charge < -0.3 is 5.32 Å². The van der Waals surface area contributed by atoms with Crippen LogP contribution in [0.25, 0.3) is 0 Å². The molecule has 1 heterocycles. The molecule has 15 heavy (non-hydrogen) atoms. The van der Waals surface area contributed by atoms with Gasteiger partial charge in [0.05, 0.1) is 0 Å². The fourth-order valence-corrected chi connectivity index (χ4v) is 2.48. The van der Waals surface area contributed by atoms with Crippen LogP contribution in [0.2, 0.25) is 0 Å². The maximum Gasteiger partial charge on any atom is 0.0224 e. The number of nitrogens with zero attached hydrogens (tertiary/aromatic N) is 1. The van der Waals surface area contributed by atoms with Gasteiger partial charge in [-0.15, -0.1) is 6.58 Å². The minimum atomic E-state index is 0.697. The Labute approximate surface area is 94.7 Å². The maximum absolute atomic E-state index is 3.86. The quantitative estimate of drug-likeness (QED) is 0.677. The Kier molecular flexibility index (Phi) is 5.96. The van der Waals surface area contributed by atoms with Crippen LogP contribution in [-0.4, -0.2) is 36.6 Å². The van der Waals surface area contributed by atoms with Gasteiger partial charge >= 0.3 is 0 Å². The summed E-state index contributed by atoms with van der Waals surface area (Å²) >= 11 is 0. The highest BCUT2D eigenvalue weighted by atomic mass is 15.2. The third-order valence-electron chi connectivity index (χ3n) is 3.24. The summed E-state index contributed by atoms with van der Waals surface area (Å²) in [4.78, 5) is 2.59. The predicted molar refractivity (Wildman–Crippen MR) is 67.2 cm³/mol. The summed E-state index contributed by atoms with van der Waals surface area (Å²) in [6.45, 7) is 11.8. The lowest BCUT2D eigenvalue weighted by atomic mass is 10.0. The second-order valence-electron chi connectivity index (χ2n) is 4.58. The summed E-state index contributed by atoms with van der Waals surface area (Å²) in [5.74, 6) is 0. The highest BCUT2D eigenvalue weighted by Crippen LogP contribution is 2.14. The molecule has 0 spiro atoms. The van der Waals surface area contributed by atoms with Gasteiger partial charge in [0.25, 0.3) is 0 Å². The molecule has 1 fully saturated rings. The first-order chi connectivity index (χ1) is 7.31. The van der Waals surface area contributed by atoms with Crippen molar-refractivity contribution in [3.05, 3.63) is 12.7 Å². The molecule has 1 aliphatic rings. The Bertz CT molecular complexity index is 179. The van der Waals surface area contributed by atoms with E-state index in [1.54, 1.807) is 0 Å². The Morgan fingerprint density at radius 3 is 2.67 bits per heavy atom. The van der Waals surface area contributed by atoms with E-state index >= 15 is 0 Å². The van der Waals surface area contributed by atoms with Crippen molar-refractivity contribution in [1.82, 2.24) is 10.2 Å². The van der Waals surface area contributed by atoms with E-state index < -0.39 is 0 Å². The Balaban J connectivity index is 2.44. The fraction of sp³-hybridized carbons (Fsp3) is 0.846. The van der Waals surface area contributed by atoms with Crippen LogP contribution in [0.1, 0.15) is 39.5 Å². The normalized spacial score (nSPS) is 27.9. The lowest BCUT2D eigenvalue weighted by molar-refractivity contribution is 0.133. The van der Waals surface area contributed by atoms with Crippen LogP contribution in [0.3, 0.4) is 0 Å². The summed E-state index contributed by atoms with van der Waals surface area (Å²) in [5.41, 5.74) is 0. The standard InChI is InChI=1S/C13H26N2/c1-4-7-12-11-15(9-6-3)13(8-5-2)10-14-12/h6,12-14H,3-5,7-11H2,1-2H3. The van der Waals surface area contributed by atoms with Crippen molar-refractivity contribution in [3.8, 4) is 0 Å². The highest BCUT2D eigenvalue weighted by molar-refractivity contribution is 4.88. The molecule has 0 aromatic carbocycles. The van der Waals surface area contributed by atoms with Crippen LogP contribution in [0.5, 0.6) is 0 Å². The first-order valence-electron chi connectivity index (χ1n) is 6.40. The van der Waals surface area contributed by atoms with Gasteiger partial charge in [-0.05, 0) is 12.8 Å². The van der Waals surface area contributed by atoms with Crippen LogP contribution in [0, 0.1) is 0 Å². The summed E-state index contributed by atoms with van der Waals surface area (Å²) < 4.78 is 0. The zero-order chi connectivity index (χ0) is 11.1. The lowest BCUT2D eigenvalue weighted by Gasteiger charge is -2.40. The largest absolute Gasteiger partial charge is 0.311 e. The monoisotopic (exact) mass is 210 g/mol. The van der Waals surface area contributed by atoms with E-state index in [1.165, 1.54) is 32.2 Å². The first kappa shape index (κ1) is 12.7. The fourth-order valence-electron chi connectivity index (χ4n) is 2.48. The highest BCUT2D eigenvalue weighted by Gasteiger charge is 2.25. The van der Waals surface area contributed by atoms with Crippen molar-refractivity contribution < 1.29 is 0 Å². The summed E-state index contributed by atoms with van der Waals surface area (Å²) in [6.07, 6.45) is 7.19. The van der Waals surface area contributed by atoms with Gasteiger partial charge in [0.15, 0.2) is 0 Å². The van der Waals surface area contributed by atoms with E-state index in [1.807, 2.05) is 6.08 Å². The topological polar surface area (TPSA) is 15.3 Å². The number of rotatable bonds is 6. The van der Waals surface area contributed by atoms with E-state index in [4.69, 9.17) is 0 Å². The molecule has 1 aliphatic heterocycles. The Morgan fingerprint density at radius 1 is 1.33 bits per heavy atom. The molecule has 1 saturated heterocycles. The third kappa shape index (κ3) is 3.96. The van der Waals surface area contributed by atoms with Gasteiger partial charge in [0, 0.05) is 31.7 Å². The van der Waals surface area contributed by atoms with Gasteiger partial charge in [0.2, 0.25) is 0 Å². The van der Waals surface area contributed by atoms with Crippen LogP contribution >= 0.6 is 0 Å². The molecule has 0 amide bonds. The van der Waals surface area contributed by atoms with E-state index in [9.17, 15) is 0 Å². The number of hydrogen-bond acceptors (Lipinski definition) is 2. The van der Waals surface area contributed by atoms with E-state index in [-0.39, 0.29) is 0 Å². The van der Waals surface area contributed by atoms with Gasteiger partial charge in [-0.1, -0.05) is 32.8 Å². The summed E-state index contributed by atoms with van der Waals surface area (Å²) in [7, 11) is 0. The SMILES string of the molecule is C=CCN1CC(CCC)NCC1CCC. The zero-order valence-electron chi connectivity index (χ0n) is 10.3. The van der Waals surface area contributed by atoms with Gasteiger partial charge in [-0.3, -0.25) is 4.90 Å². The number of piperazine rings is 1. The van der Waals surface area contributed by atoms with E-state index in [0.717, 1.165) is 19.1 Å². The molecule has 0 aromatic heterocycles. The van der Waals surface area contributed by atoms with Crippen LogP contribution in [0.4, 0.5) is 0 Å². The zero-order valence-corrected chi connectivity index (χ0v) is 10.3. The molecule has 1 rings (SSSR count). The van der Waals surface area contributed by atoms with Crippen LogP contribution in [-0.2, 0) is 0 Å². The van der Waals surface area contributed by atoms with Gasteiger partial charge in [-0.2, -0.15) is 0 Å². The van der Waals surface area contributed by atoms with Crippen molar-refractivity contribution in [2.24, 2.45) is 0 Å². The second-order valence-corrected chi connectivity index (χ2v) is 4.58. The summed E-state index contributed by atoms with van der Waals surface area (Å²) in [6, 6.07) is 1.42. The predicted octanol–water partition coefficient (Wildman–Crippen LogP) is 2.42. The molecule has 2 nitrogen and oxygen atoms in total. The summed E-state index contributed by atoms with van der Waals surface area (Å²) in [5, 5.41) is 3.67. The molecule has 0 bridgehead atoms. The van der Waals surface area contributed by atoms with E-state index in [0.29, 0.717) is 6.04 Å². The van der Waals surface area contributed by atoms with Crippen LogP contribution in [0.15, 0.2) is 12.7 Å². The molecule has 0 saturated carbocycles. The van der Waals surface area contributed by atoms with Crippen molar-refractivity contribution in [2.75, 3.05) is 19.6 Å². The second kappa shape index (κ2) is 7.02. The molecule has 1 N–H and O–H groups in total. The molecule has 0 aliphatic carbocycles. The number of nitrogens with one attached hydrogen (secondary N) is 1. The first-order valence-corrected chi connectivity index (χ1v) is 6.40. The van der Waals surface area contributed by atoms with Crippen molar-refractivity contribution in [3.63, 3.8) is 0 Å². The van der Waals surface area contributed by atoms with Crippen molar-refractivity contribution >= 4 is 0 Å². The number of hydrogen-bond donors (Lipinski definition) is 1.